The van der Waals surface area contributed by atoms with Gasteiger partial charge in [-0.15, -0.1) is 0 Å². The average Bonchev–Trinajstić information content (AvgIpc) is 1.99. The Labute approximate surface area is 69.2 Å². The zero-order valence-corrected chi connectivity index (χ0v) is 6.60. The van der Waals surface area contributed by atoms with Gasteiger partial charge in [0, 0.05) is 5.56 Å². The van der Waals surface area contributed by atoms with Crippen LogP contribution in [0.25, 0.3) is 0 Å². The van der Waals surface area contributed by atoms with Gasteiger partial charge in [0.05, 0.1) is 5.69 Å². The molecular formula is C8H9FN2O. The topological polar surface area (TPSA) is 69.1 Å². The van der Waals surface area contributed by atoms with Gasteiger partial charge in [-0.1, -0.05) is 0 Å². The van der Waals surface area contributed by atoms with Crippen molar-refractivity contribution >= 4 is 11.6 Å². The van der Waals surface area contributed by atoms with Crippen molar-refractivity contribution in [2.45, 2.75) is 6.92 Å². The van der Waals surface area contributed by atoms with Gasteiger partial charge in [0.1, 0.15) is 5.82 Å². The Morgan fingerprint density at radius 1 is 1.50 bits per heavy atom. The first-order valence-corrected chi connectivity index (χ1v) is 3.38. The Morgan fingerprint density at radius 2 is 2.08 bits per heavy atom. The molecule has 0 bridgehead atoms. The molecule has 0 aliphatic heterocycles. The second-order valence-corrected chi connectivity index (χ2v) is 2.55. The number of hydrogen-bond donors (Lipinski definition) is 2. The summed E-state index contributed by atoms with van der Waals surface area (Å²) in [4.78, 5) is 10.6. The zero-order valence-electron chi connectivity index (χ0n) is 6.60. The third kappa shape index (κ3) is 1.37. The van der Waals surface area contributed by atoms with E-state index < -0.39 is 11.7 Å². The van der Waals surface area contributed by atoms with Crippen molar-refractivity contribution in [2.75, 3.05) is 5.73 Å². The van der Waals surface area contributed by atoms with E-state index in [1.165, 1.54) is 6.07 Å². The number of amides is 1. The summed E-state index contributed by atoms with van der Waals surface area (Å²) >= 11 is 0. The molecule has 0 fully saturated rings. The Hall–Kier alpha value is -1.58. The quantitative estimate of drug-likeness (QED) is 0.609. The van der Waals surface area contributed by atoms with E-state index in [2.05, 4.69) is 0 Å². The summed E-state index contributed by atoms with van der Waals surface area (Å²) in [6, 6.07) is 2.49. The second kappa shape index (κ2) is 2.81. The summed E-state index contributed by atoms with van der Waals surface area (Å²) in [5.74, 6) is -1.26. The van der Waals surface area contributed by atoms with E-state index in [-0.39, 0.29) is 11.3 Å². The summed E-state index contributed by atoms with van der Waals surface area (Å²) in [5, 5.41) is 0. The number of hydrogen-bond acceptors (Lipinski definition) is 2. The van der Waals surface area contributed by atoms with E-state index >= 15 is 0 Å². The van der Waals surface area contributed by atoms with Crippen LogP contribution in [-0.2, 0) is 0 Å². The van der Waals surface area contributed by atoms with Gasteiger partial charge < -0.3 is 11.5 Å². The molecule has 0 radical (unpaired) electrons. The molecule has 1 aromatic rings. The van der Waals surface area contributed by atoms with Crippen molar-refractivity contribution in [3.8, 4) is 0 Å². The number of anilines is 1. The maximum atomic E-state index is 12.9. The van der Waals surface area contributed by atoms with E-state index in [9.17, 15) is 9.18 Å². The lowest BCUT2D eigenvalue weighted by atomic mass is 10.1. The van der Waals surface area contributed by atoms with Crippen LogP contribution in [-0.4, -0.2) is 5.91 Å². The molecule has 0 aromatic heterocycles. The van der Waals surface area contributed by atoms with Gasteiger partial charge in [-0.2, -0.15) is 0 Å². The molecule has 12 heavy (non-hydrogen) atoms. The average molecular weight is 168 g/mol. The highest BCUT2D eigenvalue weighted by atomic mass is 19.1. The Balaban J connectivity index is 3.31. The number of carbonyl (C=O) groups excluding carboxylic acids is 1. The molecule has 0 saturated carbocycles. The van der Waals surface area contributed by atoms with Crippen LogP contribution in [0.2, 0.25) is 0 Å². The van der Waals surface area contributed by atoms with Crippen LogP contribution >= 0.6 is 0 Å². The Morgan fingerprint density at radius 3 is 2.50 bits per heavy atom. The van der Waals surface area contributed by atoms with Crippen LogP contribution < -0.4 is 11.5 Å². The van der Waals surface area contributed by atoms with Crippen molar-refractivity contribution in [1.82, 2.24) is 0 Å². The molecule has 0 aliphatic carbocycles. The predicted octanol–water partition coefficient (Wildman–Crippen LogP) is 0.815. The minimum atomic E-state index is -0.656. The Bertz CT molecular complexity index is 313. The van der Waals surface area contributed by atoms with Crippen LogP contribution in [0.1, 0.15) is 15.9 Å². The number of carbonyl (C=O) groups is 1. The van der Waals surface area contributed by atoms with E-state index in [4.69, 9.17) is 11.5 Å². The van der Waals surface area contributed by atoms with Crippen LogP contribution in [0.15, 0.2) is 12.1 Å². The SMILES string of the molecule is Cc1cc(C(N)=O)cc(F)c1N. The maximum Gasteiger partial charge on any atom is 0.248 e. The molecule has 64 valence electrons. The monoisotopic (exact) mass is 168 g/mol. The van der Waals surface area contributed by atoms with Crippen molar-refractivity contribution in [3.05, 3.63) is 29.1 Å². The van der Waals surface area contributed by atoms with Crippen molar-refractivity contribution in [2.24, 2.45) is 5.73 Å². The molecule has 1 amide bonds. The molecule has 0 heterocycles. The molecule has 1 aromatic carbocycles. The fourth-order valence-corrected chi connectivity index (χ4v) is 0.898. The fourth-order valence-electron chi connectivity index (χ4n) is 0.898. The van der Waals surface area contributed by atoms with Gasteiger partial charge in [0.15, 0.2) is 0 Å². The lowest BCUT2D eigenvalue weighted by Gasteiger charge is -2.03. The smallest absolute Gasteiger partial charge is 0.248 e. The molecule has 4 heteroatoms. The van der Waals surface area contributed by atoms with Crippen LogP contribution in [0.5, 0.6) is 0 Å². The van der Waals surface area contributed by atoms with E-state index in [0.29, 0.717) is 5.56 Å². The summed E-state index contributed by atoms with van der Waals surface area (Å²) in [5.41, 5.74) is 11.0. The van der Waals surface area contributed by atoms with Crippen molar-refractivity contribution < 1.29 is 9.18 Å². The van der Waals surface area contributed by atoms with E-state index in [1.54, 1.807) is 6.92 Å². The molecule has 0 saturated heterocycles. The minimum Gasteiger partial charge on any atom is -0.396 e. The van der Waals surface area contributed by atoms with Gasteiger partial charge >= 0.3 is 0 Å². The first kappa shape index (κ1) is 8.52. The Kier molecular flexibility index (Phi) is 1.99. The standard InChI is InChI=1S/C8H9FN2O/c1-4-2-5(8(11)12)3-6(9)7(4)10/h2-3H,10H2,1H3,(H2,11,12). The minimum absolute atomic E-state index is 0.0556. The van der Waals surface area contributed by atoms with Gasteiger partial charge in [0.2, 0.25) is 5.91 Å². The highest BCUT2D eigenvalue weighted by molar-refractivity contribution is 5.93. The molecule has 0 spiro atoms. The number of nitrogen functional groups attached to an aromatic ring is 1. The maximum absolute atomic E-state index is 12.9. The predicted molar refractivity (Wildman–Crippen MR) is 44.1 cm³/mol. The van der Waals surface area contributed by atoms with Crippen LogP contribution in [0.4, 0.5) is 10.1 Å². The first-order chi connectivity index (χ1) is 5.52. The first-order valence-electron chi connectivity index (χ1n) is 3.38. The van der Waals surface area contributed by atoms with Crippen LogP contribution in [0.3, 0.4) is 0 Å². The van der Waals surface area contributed by atoms with E-state index in [0.717, 1.165) is 6.07 Å². The van der Waals surface area contributed by atoms with Gasteiger partial charge in [-0.3, -0.25) is 4.79 Å². The lowest BCUT2D eigenvalue weighted by Crippen LogP contribution is -2.12. The number of primary amides is 1. The van der Waals surface area contributed by atoms with E-state index in [1.807, 2.05) is 0 Å². The zero-order chi connectivity index (χ0) is 9.30. The fraction of sp³-hybridized carbons (Fsp3) is 0.125. The molecule has 3 nitrogen and oxygen atoms in total. The number of rotatable bonds is 1. The lowest BCUT2D eigenvalue weighted by molar-refractivity contribution is 0.1000. The highest BCUT2D eigenvalue weighted by Gasteiger charge is 2.07. The number of benzene rings is 1. The summed E-state index contributed by atoms with van der Waals surface area (Å²) in [7, 11) is 0. The normalized spacial score (nSPS) is 9.83. The third-order valence-electron chi connectivity index (χ3n) is 1.62. The number of aryl methyl sites for hydroxylation is 1. The summed E-state index contributed by atoms with van der Waals surface area (Å²) < 4.78 is 12.9. The van der Waals surface area contributed by atoms with Crippen LogP contribution in [0, 0.1) is 12.7 Å². The molecule has 1 rings (SSSR count). The molecule has 0 atom stereocenters. The van der Waals surface area contributed by atoms with Gasteiger partial charge in [-0.05, 0) is 24.6 Å². The van der Waals surface area contributed by atoms with Gasteiger partial charge in [0.25, 0.3) is 0 Å². The molecule has 0 aliphatic rings. The second-order valence-electron chi connectivity index (χ2n) is 2.55. The third-order valence-corrected chi connectivity index (χ3v) is 1.62. The number of nitrogens with two attached hydrogens (primary N) is 2. The number of halogens is 1. The largest absolute Gasteiger partial charge is 0.396 e. The van der Waals surface area contributed by atoms with Gasteiger partial charge in [-0.25, -0.2) is 4.39 Å². The van der Waals surface area contributed by atoms with Crippen molar-refractivity contribution in [1.29, 1.82) is 0 Å². The summed E-state index contributed by atoms with van der Waals surface area (Å²) in [6.45, 7) is 1.62. The molecule has 4 N–H and O–H groups in total. The molecule has 0 unspecified atom stereocenters. The van der Waals surface area contributed by atoms with Crippen molar-refractivity contribution in [3.63, 3.8) is 0 Å². The highest BCUT2D eigenvalue weighted by Crippen LogP contribution is 2.17. The molecular weight excluding hydrogens is 159 g/mol. The summed E-state index contributed by atoms with van der Waals surface area (Å²) in [6.07, 6.45) is 0.